The van der Waals surface area contributed by atoms with Gasteiger partial charge in [-0.1, -0.05) is 30.3 Å². The highest BCUT2D eigenvalue weighted by atomic mass is 79.9. The molecule has 3 rings (SSSR count). The molecule has 0 aromatic heterocycles. The molecule has 1 atom stereocenters. The number of ketones is 1. The van der Waals surface area contributed by atoms with Crippen molar-refractivity contribution < 1.29 is 19.0 Å². The van der Waals surface area contributed by atoms with E-state index in [1.165, 1.54) is 11.9 Å². The molecular weight excluding hydrogens is 364 g/mol. The van der Waals surface area contributed by atoms with Crippen molar-refractivity contribution in [2.45, 2.75) is 6.04 Å². The number of benzene rings is 1. The van der Waals surface area contributed by atoms with Crippen molar-refractivity contribution in [3.05, 3.63) is 35.9 Å². The summed E-state index contributed by atoms with van der Waals surface area (Å²) in [5, 5.41) is 0. The lowest BCUT2D eigenvalue weighted by Crippen LogP contribution is -2.61. The van der Waals surface area contributed by atoms with Crippen LogP contribution in [-0.4, -0.2) is 69.4 Å². The molecule has 0 saturated carbocycles. The van der Waals surface area contributed by atoms with Crippen LogP contribution < -0.4 is 0 Å². The Morgan fingerprint density at radius 1 is 1.22 bits per heavy atom. The largest absolute Gasteiger partial charge is 0.365 e. The SMILES string of the molecule is CN1C(=O)C2C(=NC(Br)=[N+]2CC(=O)c2ccccc2)N(C)C1=O. The number of likely N-dealkylation sites (N-methyl/N-ethyl adjacent to an activating group) is 2. The molecule has 7 nitrogen and oxygen atoms in total. The first kappa shape index (κ1) is 15.5. The summed E-state index contributed by atoms with van der Waals surface area (Å²) in [6.45, 7) is -0.0100. The number of nitrogens with zero attached hydrogens (tertiary/aromatic N) is 4. The molecule has 0 spiro atoms. The minimum Gasteiger partial charge on any atom is -0.290 e. The van der Waals surface area contributed by atoms with Crippen LogP contribution in [0.25, 0.3) is 0 Å². The zero-order valence-corrected chi connectivity index (χ0v) is 14.1. The maximum Gasteiger partial charge on any atom is 0.365 e. The second-order valence-electron chi connectivity index (χ2n) is 5.30. The van der Waals surface area contributed by atoms with Gasteiger partial charge in [0.15, 0.2) is 6.54 Å². The number of hydrogen-bond donors (Lipinski definition) is 0. The third-order valence-electron chi connectivity index (χ3n) is 3.89. The van der Waals surface area contributed by atoms with Gasteiger partial charge in [0.25, 0.3) is 17.8 Å². The van der Waals surface area contributed by atoms with Crippen LogP contribution in [0, 0.1) is 0 Å². The smallest absolute Gasteiger partial charge is 0.290 e. The summed E-state index contributed by atoms with van der Waals surface area (Å²) in [4.78, 5) is 43.4. The maximum atomic E-state index is 12.4. The van der Waals surface area contributed by atoms with E-state index in [4.69, 9.17) is 0 Å². The van der Waals surface area contributed by atoms with E-state index in [0.29, 0.717) is 16.1 Å². The van der Waals surface area contributed by atoms with Gasteiger partial charge in [0.2, 0.25) is 5.78 Å². The van der Waals surface area contributed by atoms with Gasteiger partial charge in [0.1, 0.15) is 0 Å². The van der Waals surface area contributed by atoms with Crippen molar-refractivity contribution in [3.8, 4) is 0 Å². The zero-order valence-electron chi connectivity index (χ0n) is 12.6. The van der Waals surface area contributed by atoms with Crippen LogP contribution in [0.4, 0.5) is 4.79 Å². The molecule has 0 bridgehead atoms. The average Bonchev–Trinajstić information content (AvgIpc) is 2.88. The predicted octanol–water partition coefficient (Wildman–Crippen LogP) is 0.937. The first-order chi connectivity index (χ1) is 10.9. The van der Waals surface area contributed by atoms with Gasteiger partial charge in [-0.3, -0.25) is 19.4 Å². The van der Waals surface area contributed by atoms with Gasteiger partial charge in [-0.25, -0.2) is 9.37 Å². The maximum absolute atomic E-state index is 12.4. The first-order valence-electron chi connectivity index (χ1n) is 6.93. The Labute approximate surface area is 141 Å². The third-order valence-corrected chi connectivity index (χ3v) is 4.52. The van der Waals surface area contributed by atoms with Gasteiger partial charge in [-0.15, -0.1) is 0 Å². The number of amidine groups is 2. The highest BCUT2D eigenvalue weighted by molar-refractivity contribution is 9.18. The van der Waals surface area contributed by atoms with Crippen LogP contribution in [0.5, 0.6) is 0 Å². The fraction of sp³-hybridized carbons (Fsp3) is 0.267. The minimum atomic E-state index is -0.773. The van der Waals surface area contributed by atoms with Crippen LogP contribution in [0.15, 0.2) is 35.3 Å². The van der Waals surface area contributed by atoms with Crippen LogP contribution in [0.1, 0.15) is 10.4 Å². The number of amides is 3. The molecule has 1 aromatic carbocycles. The van der Waals surface area contributed by atoms with Crippen LogP contribution in [0.2, 0.25) is 0 Å². The average molecular weight is 378 g/mol. The van der Waals surface area contributed by atoms with Crippen molar-refractivity contribution in [2.75, 3.05) is 20.6 Å². The molecular formula is C15H14BrN4O3+. The molecule has 0 aliphatic carbocycles. The summed E-state index contributed by atoms with van der Waals surface area (Å²) in [5.74, 6) is -0.206. The summed E-state index contributed by atoms with van der Waals surface area (Å²) in [6.07, 6.45) is 0. The Balaban J connectivity index is 1.90. The van der Waals surface area contributed by atoms with E-state index in [1.807, 2.05) is 6.07 Å². The topological polar surface area (TPSA) is 73.1 Å². The van der Waals surface area contributed by atoms with Crippen LogP contribution in [-0.2, 0) is 4.79 Å². The Morgan fingerprint density at radius 2 is 1.87 bits per heavy atom. The van der Waals surface area contributed by atoms with E-state index in [0.717, 1.165) is 4.90 Å². The number of fused-ring (bicyclic) bond motifs is 1. The van der Waals surface area contributed by atoms with E-state index < -0.39 is 18.0 Å². The molecule has 8 heteroatoms. The van der Waals surface area contributed by atoms with E-state index in [9.17, 15) is 14.4 Å². The molecule has 2 heterocycles. The second-order valence-corrected chi connectivity index (χ2v) is 6.01. The second kappa shape index (κ2) is 5.69. The molecule has 0 radical (unpaired) electrons. The summed E-state index contributed by atoms with van der Waals surface area (Å²) < 4.78 is 1.93. The molecule has 3 amide bonds. The number of hydrogen-bond acceptors (Lipinski definition) is 4. The number of halogens is 1. The normalized spacial score (nSPS) is 20.8. The minimum absolute atomic E-state index is 0.0100. The third kappa shape index (κ3) is 2.48. The monoisotopic (exact) mass is 377 g/mol. The number of Topliss-reactive ketones (excluding diaryl/α,β-unsaturated/α-hetero) is 1. The molecule has 1 fully saturated rings. The van der Waals surface area contributed by atoms with Crippen molar-refractivity contribution in [3.63, 3.8) is 0 Å². The van der Waals surface area contributed by atoms with Crippen molar-refractivity contribution in [1.29, 1.82) is 0 Å². The number of carbonyl (C=O) groups excluding carboxylic acids is 3. The molecule has 118 valence electrons. The van der Waals surface area contributed by atoms with Gasteiger partial charge in [0.05, 0.1) is 15.9 Å². The zero-order chi connectivity index (χ0) is 16.7. The van der Waals surface area contributed by atoms with Crippen molar-refractivity contribution >= 4 is 44.2 Å². The number of carbonyl (C=O) groups is 3. The lowest BCUT2D eigenvalue weighted by molar-refractivity contribution is -0.519. The van der Waals surface area contributed by atoms with Gasteiger partial charge < -0.3 is 0 Å². The van der Waals surface area contributed by atoms with Gasteiger partial charge in [0, 0.05) is 19.7 Å². The number of rotatable bonds is 3. The van der Waals surface area contributed by atoms with E-state index in [-0.39, 0.29) is 12.3 Å². The molecule has 1 unspecified atom stereocenters. The molecule has 0 N–H and O–H groups in total. The predicted molar refractivity (Wildman–Crippen MR) is 87.0 cm³/mol. The molecule has 2 aliphatic rings. The van der Waals surface area contributed by atoms with Crippen molar-refractivity contribution in [1.82, 2.24) is 9.80 Å². The quantitative estimate of drug-likeness (QED) is 0.447. The Bertz CT molecular complexity index is 772. The summed E-state index contributed by atoms with van der Waals surface area (Å²) in [7, 11) is 2.97. The van der Waals surface area contributed by atoms with Gasteiger partial charge >= 0.3 is 10.8 Å². The number of aliphatic imine (C=N–C) groups is 1. The van der Waals surface area contributed by atoms with E-state index >= 15 is 0 Å². The van der Waals surface area contributed by atoms with Gasteiger partial charge in [-0.05, 0) is 4.99 Å². The molecule has 2 aliphatic heterocycles. The molecule has 1 aromatic rings. The fourth-order valence-corrected chi connectivity index (χ4v) is 3.11. The lowest BCUT2D eigenvalue weighted by atomic mass is 10.1. The van der Waals surface area contributed by atoms with Crippen LogP contribution >= 0.6 is 15.9 Å². The number of urea groups is 1. The number of imide groups is 1. The highest BCUT2D eigenvalue weighted by Crippen LogP contribution is 2.20. The highest BCUT2D eigenvalue weighted by Gasteiger charge is 2.53. The lowest BCUT2D eigenvalue weighted by Gasteiger charge is -2.30. The van der Waals surface area contributed by atoms with Crippen LogP contribution in [0.3, 0.4) is 0 Å². The Morgan fingerprint density at radius 3 is 2.52 bits per heavy atom. The summed E-state index contributed by atoms with van der Waals surface area (Å²) in [6, 6.07) is 7.62. The molecule has 1 saturated heterocycles. The van der Waals surface area contributed by atoms with Crippen molar-refractivity contribution in [2.24, 2.45) is 4.99 Å². The Kier molecular flexibility index (Phi) is 3.85. The molecule has 23 heavy (non-hydrogen) atoms. The van der Waals surface area contributed by atoms with Gasteiger partial charge in [-0.2, -0.15) is 0 Å². The standard InChI is InChI=1S/C15H14BrN4O3/c1-18-12-11(13(22)19(2)15(18)23)20(14(16)17-12)8-10(21)9-6-4-3-5-7-9/h3-7,11H,8H2,1-2H3/q+1. The summed E-state index contributed by atoms with van der Waals surface area (Å²) >= 11 is 3.29. The first-order valence-corrected chi connectivity index (χ1v) is 7.72. The van der Waals surface area contributed by atoms with E-state index in [2.05, 4.69) is 20.9 Å². The Hall–Kier alpha value is -2.35. The summed E-state index contributed by atoms with van der Waals surface area (Å²) in [5.41, 5.74) is 0.558. The fourth-order valence-electron chi connectivity index (χ4n) is 2.60. The van der Waals surface area contributed by atoms with E-state index in [1.54, 1.807) is 35.9 Å².